The Bertz CT molecular complexity index is 1420. The molecule has 1 aliphatic heterocycles. The molecule has 2 aliphatic rings. The lowest BCUT2D eigenvalue weighted by molar-refractivity contribution is 0.154. The third-order valence-corrected chi connectivity index (χ3v) is 9.36. The number of rotatable bonds is 8. The number of benzene rings is 3. The van der Waals surface area contributed by atoms with Gasteiger partial charge >= 0.3 is 0 Å². The molecule has 5 rings (SSSR count). The molecular weight excluding hydrogens is 509 g/mol. The fourth-order valence-electron chi connectivity index (χ4n) is 5.14. The molecule has 0 aromatic heterocycles. The summed E-state index contributed by atoms with van der Waals surface area (Å²) >= 11 is 5.75. The zero-order chi connectivity index (χ0) is 26.0. The molecule has 37 heavy (non-hydrogen) atoms. The SMILES string of the molecule is N#Cc1cccc(-c2ccc(C3(CNS(=O)(=O)c4ccc(Cl)c(F)c4)CCN(CC4CC4)CC3)cc2)c1. The molecule has 8 heteroatoms. The second kappa shape index (κ2) is 10.5. The van der Waals surface area contributed by atoms with E-state index in [0.29, 0.717) is 5.56 Å². The van der Waals surface area contributed by atoms with Crippen molar-refractivity contribution in [3.63, 3.8) is 0 Å². The van der Waals surface area contributed by atoms with Crippen molar-refractivity contribution < 1.29 is 12.8 Å². The zero-order valence-electron chi connectivity index (χ0n) is 20.5. The van der Waals surface area contributed by atoms with Crippen molar-refractivity contribution in [2.24, 2.45) is 5.92 Å². The predicted molar refractivity (Wildman–Crippen MR) is 143 cm³/mol. The Hall–Kier alpha value is -2.76. The summed E-state index contributed by atoms with van der Waals surface area (Å²) < 4.78 is 42.9. The molecule has 0 bridgehead atoms. The van der Waals surface area contributed by atoms with E-state index in [0.717, 1.165) is 61.2 Å². The van der Waals surface area contributed by atoms with Crippen LogP contribution in [-0.2, 0) is 15.4 Å². The Labute approximate surface area is 222 Å². The van der Waals surface area contributed by atoms with Crippen molar-refractivity contribution in [3.8, 4) is 17.2 Å². The lowest BCUT2D eigenvalue weighted by atomic mass is 9.72. The van der Waals surface area contributed by atoms with Gasteiger partial charge in [-0.2, -0.15) is 5.26 Å². The normalized spacial score (nSPS) is 17.9. The number of sulfonamides is 1. The standard InChI is InChI=1S/C29H29ClFN3O2S/c30-27-11-10-26(17-28(27)31)37(35,36)33-20-29(12-14-34(15-13-29)19-21-4-5-21)25-8-6-23(7-9-25)24-3-1-2-22(16-24)18-32/h1-3,6-11,16-17,21,33H,4-5,12-15,19-20H2. The first-order valence-corrected chi connectivity index (χ1v) is 14.4. The van der Waals surface area contributed by atoms with Crippen molar-refractivity contribution in [1.82, 2.24) is 9.62 Å². The van der Waals surface area contributed by atoms with E-state index >= 15 is 0 Å². The average molecular weight is 538 g/mol. The molecule has 1 saturated heterocycles. The van der Waals surface area contributed by atoms with Crippen LogP contribution in [0.3, 0.4) is 0 Å². The average Bonchev–Trinajstić information content (AvgIpc) is 3.74. The molecule has 3 aromatic rings. The minimum atomic E-state index is -3.92. The van der Waals surface area contributed by atoms with Crippen molar-refractivity contribution >= 4 is 21.6 Å². The molecule has 1 N–H and O–H groups in total. The Kier molecular flexibility index (Phi) is 7.37. The van der Waals surface area contributed by atoms with Gasteiger partial charge in [-0.1, -0.05) is 48.0 Å². The first-order valence-electron chi connectivity index (χ1n) is 12.6. The van der Waals surface area contributed by atoms with Gasteiger partial charge in [0.15, 0.2) is 0 Å². The second-order valence-corrected chi connectivity index (χ2v) is 12.4. The lowest BCUT2D eigenvalue weighted by Crippen LogP contribution is -2.49. The van der Waals surface area contributed by atoms with Crippen molar-refractivity contribution in [2.45, 2.75) is 36.0 Å². The summed E-state index contributed by atoms with van der Waals surface area (Å²) in [6, 6.07) is 21.4. The highest BCUT2D eigenvalue weighted by atomic mass is 35.5. The predicted octanol–water partition coefficient (Wildman–Crippen LogP) is 5.74. The van der Waals surface area contributed by atoms with Crippen LogP contribution in [-0.4, -0.2) is 39.5 Å². The summed E-state index contributed by atoms with van der Waals surface area (Å²) in [7, 11) is -3.92. The summed E-state index contributed by atoms with van der Waals surface area (Å²) in [5.41, 5.74) is 3.26. The Balaban J connectivity index is 1.40. The van der Waals surface area contributed by atoms with Gasteiger partial charge in [0.2, 0.25) is 10.0 Å². The van der Waals surface area contributed by atoms with E-state index in [9.17, 15) is 18.1 Å². The van der Waals surface area contributed by atoms with Gasteiger partial charge in [0.1, 0.15) is 5.82 Å². The van der Waals surface area contributed by atoms with E-state index in [1.807, 2.05) is 30.3 Å². The molecule has 5 nitrogen and oxygen atoms in total. The first-order chi connectivity index (χ1) is 17.8. The van der Waals surface area contributed by atoms with Crippen LogP contribution in [0.4, 0.5) is 4.39 Å². The number of halogens is 2. The van der Waals surface area contributed by atoms with Crippen LogP contribution in [0.5, 0.6) is 0 Å². The summed E-state index contributed by atoms with van der Waals surface area (Å²) in [6.45, 7) is 3.14. The largest absolute Gasteiger partial charge is 0.303 e. The number of hydrogen-bond acceptors (Lipinski definition) is 4. The number of nitriles is 1. The molecular formula is C29H29ClFN3O2S. The maximum atomic E-state index is 14.0. The number of piperidine rings is 1. The fourth-order valence-corrected chi connectivity index (χ4v) is 6.40. The molecule has 0 atom stereocenters. The number of likely N-dealkylation sites (tertiary alicyclic amines) is 1. The van der Waals surface area contributed by atoms with Crippen molar-refractivity contribution in [1.29, 1.82) is 5.26 Å². The first kappa shape index (κ1) is 25.9. The number of nitrogens with zero attached hydrogens (tertiary/aromatic N) is 2. The zero-order valence-corrected chi connectivity index (χ0v) is 22.0. The molecule has 2 fully saturated rings. The summed E-state index contributed by atoms with van der Waals surface area (Å²) in [5.74, 6) is 0.0398. The Morgan fingerprint density at radius 1 is 1.03 bits per heavy atom. The van der Waals surface area contributed by atoms with Gasteiger partial charge in [0.05, 0.1) is 21.6 Å². The molecule has 1 aliphatic carbocycles. The van der Waals surface area contributed by atoms with Gasteiger partial charge in [-0.05, 0) is 91.7 Å². The van der Waals surface area contributed by atoms with E-state index in [2.05, 4.69) is 27.8 Å². The molecule has 0 spiro atoms. The van der Waals surface area contributed by atoms with E-state index < -0.39 is 15.8 Å². The van der Waals surface area contributed by atoms with E-state index in [1.165, 1.54) is 25.0 Å². The van der Waals surface area contributed by atoms with Gasteiger partial charge in [-0.15, -0.1) is 0 Å². The smallest absolute Gasteiger partial charge is 0.240 e. The van der Waals surface area contributed by atoms with E-state index in [1.54, 1.807) is 6.07 Å². The lowest BCUT2D eigenvalue weighted by Gasteiger charge is -2.42. The molecule has 3 aromatic carbocycles. The highest BCUT2D eigenvalue weighted by Gasteiger charge is 2.38. The van der Waals surface area contributed by atoms with Crippen LogP contribution < -0.4 is 4.72 Å². The van der Waals surface area contributed by atoms with Gasteiger partial charge in [-0.3, -0.25) is 0 Å². The van der Waals surface area contributed by atoms with Crippen molar-refractivity contribution in [2.75, 3.05) is 26.2 Å². The van der Waals surface area contributed by atoms with Gasteiger partial charge in [0, 0.05) is 18.5 Å². The fraction of sp³-hybridized carbons (Fsp3) is 0.345. The minimum Gasteiger partial charge on any atom is -0.303 e. The molecule has 0 amide bonds. The van der Waals surface area contributed by atoms with Gasteiger partial charge < -0.3 is 4.90 Å². The Morgan fingerprint density at radius 2 is 1.76 bits per heavy atom. The highest BCUT2D eigenvalue weighted by Crippen LogP contribution is 2.38. The molecule has 1 heterocycles. The maximum absolute atomic E-state index is 14.0. The molecule has 0 radical (unpaired) electrons. The van der Waals surface area contributed by atoms with Crippen LogP contribution in [0, 0.1) is 23.1 Å². The van der Waals surface area contributed by atoms with Crippen LogP contribution in [0.2, 0.25) is 5.02 Å². The quantitative estimate of drug-likeness (QED) is 0.397. The van der Waals surface area contributed by atoms with Crippen molar-refractivity contribution in [3.05, 3.63) is 88.7 Å². The second-order valence-electron chi connectivity index (χ2n) is 10.2. The minimum absolute atomic E-state index is 0.112. The number of nitrogens with one attached hydrogen (secondary N) is 1. The topological polar surface area (TPSA) is 73.2 Å². The third-order valence-electron chi connectivity index (χ3n) is 7.65. The molecule has 0 unspecified atom stereocenters. The van der Waals surface area contributed by atoms with E-state index in [4.69, 9.17) is 11.6 Å². The third kappa shape index (κ3) is 5.89. The summed E-state index contributed by atoms with van der Waals surface area (Å²) in [6.07, 6.45) is 4.24. The van der Waals surface area contributed by atoms with Crippen LogP contribution in [0.1, 0.15) is 36.8 Å². The van der Waals surface area contributed by atoms with Crippen LogP contribution in [0.15, 0.2) is 71.6 Å². The number of hydrogen-bond donors (Lipinski definition) is 1. The molecule has 1 saturated carbocycles. The monoisotopic (exact) mass is 537 g/mol. The summed E-state index contributed by atoms with van der Waals surface area (Å²) in [4.78, 5) is 2.35. The highest BCUT2D eigenvalue weighted by molar-refractivity contribution is 7.89. The maximum Gasteiger partial charge on any atom is 0.240 e. The Morgan fingerprint density at radius 3 is 2.41 bits per heavy atom. The van der Waals surface area contributed by atoms with Crippen LogP contribution >= 0.6 is 11.6 Å². The van der Waals surface area contributed by atoms with Gasteiger partial charge in [-0.25, -0.2) is 17.5 Å². The van der Waals surface area contributed by atoms with E-state index in [-0.39, 0.29) is 21.9 Å². The van der Waals surface area contributed by atoms with Gasteiger partial charge in [0.25, 0.3) is 0 Å². The molecule has 192 valence electrons. The summed E-state index contributed by atoms with van der Waals surface area (Å²) in [5, 5.41) is 9.12. The van der Waals surface area contributed by atoms with Crippen LogP contribution in [0.25, 0.3) is 11.1 Å².